The van der Waals surface area contributed by atoms with E-state index in [1.807, 2.05) is 27.7 Å². The lowest BCUT2D eigenvalue weighted by Gasteiger charge is -2.20. The quantitative estimate of drug-likeness (QED) is 0.841. The fourth-order valence-corrected chi connectivity index (χ4v) is 3.22. The molecule has 5 heteroatoms. The van der Waals surface area contributed by atoms with Gasteiger partial charge in [0.2, 0.25) is 10.0 Å². The molecule has 2 atom stereocenters. The van der Waals surface area contributed by atoms with E-state index in [1.165, 1.54) is 0 Å². The first kappa shape index (κ1) is 16.1. The van der Waals surface area contributed by atoms with Crippen molar-refractivity contribution < 1.29 is 8.42 Å². The highest BCUT2D eigenvalue weighted by atomic mass is 32.2. The van der Waals surface area contributed by atoms with Gasteiger partial charge in [-0.3, -0.25) is 0 Å². The molecule has 0 fully saturated rings. The van der Waals surface area contributed by atoms with Crippen molar-refractivity contribution in [1.29, 1.82) is 0 Å². The zero-order chi connectivity index (χ0) is 14.6. The van der Waals surface area contributed by atoms with Gasteiger partial charge in [0, 0.05) is 12.6 Å². The molecule has 0 heterocycles. The standard InChI is InChI=1S/C14H24N2O2S/c1-5-10(2)12(4)16-19(17,18)14-7-6-11(3)13(8-14)9-15/h6-8,10,12,16H,5,9,15H2,1-4H3. The first-order chi connectivity index (χ1) is 8.81. The first-order valence-corrected chi connectivity index (χ1v) is 8.12. The van der Waals surface area contributed by atoms with E-state index in [0.717, 1.165) is 17.5 Å². The summed E-state index contributed by atoms with van der Waals surface area (Å²) in [4.78, 5) is 0.286. The van der Waals surface area contributed by atoms with Crippen molar-refractivity contribution >= 4 is 10.0 Å². The number of nitrogens with one attached hydrogen (secondary N) is 1. The van der Waals surface area contributed by atoms with E-state index in [2.05, 4.69) is 4.72 Å². The van der Waals surface area contributed by atoms with Gasteiger partial charge in [-0.25, -0.2) is 13.1 Å². The summed E-state index contributed by atoms with van der Waals surface area (Å²) in [5.41, 5.74) is 7.49. The predicted octanol–water partition coefficient (Wildman–Crippen LogP) is 2.17. The van der Waals surface area contributed by atoms with Crippen molar-refractivity contribution in [1.82, 2.24) is 4.72 Å². The topological polar surface area (TPSA) is 72.2 Å². The molecule has 0 bridgehead atoms. The smallest absolute Gasteiger partial charge is 0.240 e. The van der Waals surface area contributed by atoms with Crippen molar-refractivity contribution in [2.45, 2.75) is 51.6 Å². The highest BCUT2D eigenvalue weighted by Crippen LogP contribution is 2.17. The molecular weight excluding hydrogens is 260 g/mol. The Bertz CT molecular complexity index is 526. The van der Waals surface area contributed by atoms with Gasteiger partial charge in [0.05, 0.1) is 4.90 Å². The largest absolute Gasteiger partial charge is 0.326 e. The summed E-state index contributed by atoms with van der Waals surface area (Å²) in [6.07, 6.45) is 0.936. The molecule has 0 spiro atoms. The molecule has 1 aromatic rings. The van der Waals surface area contributed by atoms with Crippen LogP contribution in [0.5, 0.6) is 0 Å². The lowest BCUT2D eigenvalue weighted by atomic mass is 10.0. The van der Waals surface area contributed by atoms with Crippen molar-refractivity contribution in [3.8, 4) is 0 Å². The minimum Gasteiger partial charge on any atom is -0.326 e. The van der Waals surface area contributed by atoms with E-state index in [4.69, 9.17) is 5.73 Å². The summed E-state index contributed by atoms with van der Waals surface area (Å²) in [6, 6.07) is 4.99. The second kappa shape index (κ2) is 6.50. The van der Waals surface area contributed by atoms with Crippen LogP contribution in [-0.4, -0.2) is 14.5 Å². The Morgan fingerprint density at radius 3 is 2.47 bits per heavy atom. The van der Waals surface area contributed by atoms with Gasteiger partial charge in [0.25, 0.3) is 0 Å². The molecule has 3 N–H and O–H groups in total. The van der Waals surface area contributed by atoms with E-state index in [0.29, 0.717) is 12.5 Å². The second-order valence-electron chi connectivity index (χ2n) is 5.09. The van der Waals surface area contributed by atoms with Crippen LogP contribution < -0.4 is 10.5 Å². The van der Waals surface area contributed by atoms with Crippen LogP contribution in [0.4, 0.5) is 0 Å². The van der Waals surface area contributed by atoms with E-state index >= 15 is 0 Å². The molecule has 0 aliphatic heterocycles. The number of sulfonamides is 1. The third-order valence-corrected chi connectivity index (χ3v) is 5.25. The summed E-state index contributed by atoms with van der Waals surface area (Å²) in [6.45, 7) is 8.25. The van der Waals surface area contributed by atoms with E-state index in [1.54, 1.807) is 18.2 Å². The lowest BCUT2D eigenvalue weighted by Crippen LogP contribution is -2.36. The second-order valence-corrected chi connectivity index (χ2v) is 6.80. The van der Waals surface area contributed by atoms with Crippen LogP contribution in [0.1, 0.15) is 38.3 Å². The van der Waals surface area contributed by atoms with Gasteiger partial charge in [-0.05, 0) is 43.0 Å². The molecular formula is C14H24N2O2S. The van der Waals surface area contributed by atoms with E-state index in [9.17, 15) is 8.42 Å². The van der Waals surface area contributed by atoms with Crippen LogP contribution in [0.2, 0.25) is 0 Å². The Labute approximate surface area is 116 Å². The summed E-state index contributed by atoms with van der Waals surface area (Å²) in [5, 5.41) is 0. The normalized spacial score (nSPS) is 15.2. The first-order valence-electron chi connectivity index (χ1n) is 6.63. The summed E-state index contributed by atoms with van der Waals surface area (Å²) >= 11 is 0. The highest BCUT2D eigenvalue weighted by Gasteiger charge is 2.20. The Kier molecular flexibility index (Phi) is 5.52. The molecule has 0 saturated heterocycles. The molecule has 1 aromatic carbocycles. The molecule has 0 aliphatic carbocycles. The molecule has 0 amide bonds. The molecule has 108 valence electrons. The molecule has 0 saturated carbocycles. The predicted molar refractivity (Wildman–Crippen MR) is 78.3 cm³/mol. The zero-order valence-electron chi connectivity index (χ0n) is 12.1. The Morgan fingerprint density at radius 2 is 1.95 bits per heavy atom. The van der Waals surface area contributed by atoms with Crippen LogP contribution >= 0.6 is 0 Å². The van der Waals surface area contributed by atoms with Gasteiger partial charge in [-0.15, -0.1) is 0 Å². The van der Waals surface area contributed by atoms with E-state index in [-0.39, 0.29) is 10.9 Å². The molecule has 0 aromatic heterocycles. The molecule has 0 aliphatic rings. The van der Waals surface area contributed by atoms with Crippen LogP contribution in [0.15, 0.2) is 23.1 Å². The van der Waals surface area contributed by atoms with Gasteiger partial charge < -0.3 is 5.73 Å². The Balaban J connectivity index is 3.01. The average molecular weight is 284 g/mol. The maximum Gasteiger partial charge on any atom is 0.240 e. The van der Waals surface area contributed by atoms with Crippen molar-refractivity contribution in [2.75, 3.05) is 0 Å². The molecule has 1 rings (SSSR count). The van der Waals surface area contributed by atoms with Crippen molar-refractivity contribution in [2.24, 2.45) is 11.7 Å². The number of rotatable bonds is 6. The van der Waals surface area contributed by atoms with Crippen LogP contribution in [-0.2, 0) is 16.6 Å². The monoisotopic (exact) mass is 284 g/mol. The van der Waals surface area contributed by atoms with Gasteiger partial charge in [-0.1, -0.05) is 26.3 Å². The van der Waals surface area contributed by atoms with Gasteiger partial charge in [-0.2, -0.15) is 0 Å². The SMILES string of the molecule is CCC(C)C(C)NS(=O)(=O)c1ccc(C)c(CN)c1. The average Bonchev–Trinajstić information content (AvgIpc) is 2.37. The maximum absolute atomic E-state index is 12.3. The molecule has 2 unspecified atom stereocenters. The van der Waals surface area contributed by atoms with Gasteiger partial charge in [0.15, 0.2) is 0 Å². The Hall–Kier alpha value is -0.910. The number of nitrogens with two attached hydrogens (primary N) is 1. The summed E-state index contributed by atoms with van der Waals surface area (Å²) in [7, 11) is -3.47. The fraction of sp³-hybridized carbons (Fsp3) is 0.571. The minimum absolute atomic E-state index is 0.0855. The van der Waals surface area contributed by atoms with Crippen LogP contribution in [0, 0.1) is 12.8 Å². The van der Waals surface area contributed by atoms with Gasteiger partial charge >= 0.3 is 0 Å². The maximum atomic E-state index is 12.3. The fourth-order valence-electron chi connectivity index (χ4n) is 1.82. The summed E-state index contributed by atoms with van der Waals surface area (Å²) in [5.74, 6) is 0.300. The highest BCUT2D eigenvalue weighted by molar-refractivity contribution is 7.89. The van der Waals surface area contributed by atoms with Crippen molar-refractivity contribution in [3.05, 3.63) is 29.3 Å². The van der Waals surface area contributed by atoms with E-state index < -0.39 is 10.0 Å². The minimum atomic E-state index is -3.47. The lowest BCUT2D eigenvalue weighted by molar-refractivity contribution is 0.434. The Morgan fingerprint density at radius 1 is 1.32 bits per heavy atom. The molecule has 19 heavy (non-hydrogen) atoms. The van der Waals surface area contributed by atoms with Crippen molar-refractivity contribution in [3.63, 3.8) is 0 Å². The third kappa shape index (κ3) is 4.03. The number of benzene rings is 1. The molecule has 0 radical (unpaired) electrons. The third-order valence-electron chi connectivity index (χ3n) is 3.69. The van der Waals surface area contributed by atoms with Crippen LogP contribution in [0.25, 0.3) is 0 Å². The van der Waals surface area contributed by atoms with Crippen LogP contribution in [0.3, 0.4) is 0 Å². The number of aryl methyl sites for hydroxylation is 1. The number of hydrogen-bond donors (Lipinski definition) is 2. The summed E-state index contributed by atoms with van der Waals surface area (Å²) < 4.78 is 27.3. The zero-order valence-corrected chi connectivity index (χ0v) is 12.9. The number of hydrogen-bond acceptors (Lipinski definition) is 3. The molecule has 4 nitrogen and oxygen atoms in total. The van der Waals surface area contributed by atoms with Gasteiger partial charge in [0.1, 0.15) is 0 Å².